The number of guanidine groups is 1. The Bertz CT molecular complexity index is 753. The number of hydrogen-bond donors (Lipinski definition) is 2. The van der Waals surface area contributed by atoms with Crippen molar-refractivity contribution in [1.29, 1.82) is 0 Å². The normalized spacial score (nSPS) is 15.1. The smallest absolute Gasteiger partial charge is 0.193 e. The second-order valence-corrected chi connectivity index (χ2v) is 7.45. The van der Waals surface area contributed by atoms with Crippen LogP contribution in [0.15, 0.2) is 53.5 Å². The Labute approximate surface area is 173 Å². The minimum absolute atomic E-state index is 0. The maximum atomic E-state index is 6.08. The average Bonchev–Trinajstić information content (AvgIpc) is 2.62. The summed E-state index contributed by atoms with van der Waals surface area (Å²) in [6, 6.07) is 16.9. The monoisotopic (exact) mass is 464 g/mol. The number of nitrogens with one attached hydrogen (secondary N) is 1. The Balaban J connectivity index is 0.00000243. The third-order valence-electron chi connectivity index (χ3n) is 4.95. The van der Waals surface area contributed by atoms with Gasteiger partial charge in [-0.05, 0) is 50.5 Å². The van der Waals surface area contributed by atoms with Crippen molar-refractivity contribution in [2.75, 3.05) is 18.4 Å². The van der Waals surface area contributed by atoms with Crippen LogP contribution in [0.4, 0.5) is 5.69 Å². The van der Waals surface area contributed by atoms with E-state index in [1.54, 1.807) is 0 Å². The molecular weight excluding hydrogens is 435 g/mol. The molecule has 1 aliphatic heterocycles. The van der Waals surface area contributed by atoms with Gasteiger partial charge in [0.05, 0.1) is 6.54 Å². The molecule has 1 aliphatic rings. The van der Waals surface area contributed by atoms with E-state index in [1.165, 1.54) is 16.7 Å². The summed E-state index contributed by atoms with van der Waals surface area (Å²) < 4.78 is 0. The summed E-state index contributed by atoms with van der Waals surface area (Å²) in [5.74, 6) is 0.467. The Kier molecular flexibility index (Phi) is 7.06. The lowest BCUT2D eigenvalue weighted by Crippen LogP contribution is -2.49. The van der Waals surface area contributed by atoms with Gasteiger partial charge in [0.2, 0.25) is 0 Å². The number of anilines is 1. The van der Waals surface area contributed by atoms with Crippen LogP contribution in [0.5, 0.6) is 0 Å². The zero-order chi connectivity index (χ0) is 17.9. The van der Waals surface area contributed by atoms with Crippen molar-refractivity contribution in [2.24, 2.45) is 10.7 Å². The van der Waals surface area contributed by atoms with Gasteiger partial charge < -0.3 is 11.1 Å². The topological polar surface area (TPSA) is 53.6 Å². The Hall–Kier alpha value is -1.60. The molecule has 1 heterocycles. The number of aliphatic imine (C=N–C) groups is 1. The molecule has 0 aliphatic carbocycles. The molecule has 2 aromatic rings. The summed E-state index contributed by atoms with van der Waals surface area (Å²) in [6.07, 6.45) is 1.10. The van der Waals surface area contributed by atoms with Crippen LogP contribution in [0.2, 0.25) is 0 Å². The largest absolute Gasteiger partial charge is 0.370 e. The quantitative estimate of drug-likeness (QED) is 0.406. The number of nitrogens with zero attached hydrogens (tertiary/aromatic N) is 2. The van der Waals surface area contributed by atoms with Crippen molar-refractivity contribution in [3.05, 3.63) is 65.2 Å². The van der Waals surface area contributed by atoms with Crippen molar-refractivity contribution < 1.29 is 0 Å². The van der Waals surface area contributed by atoms with Crippen molar-refractivity contribution in [2.45, 2.75) is 39.3 Å². The van der Waals surface area contributed by atoms with Gasteiger partial charge in [0.1, 0.15) is 0 Å². The number of nitrogens with two attached hydrogens (primary N) is 1. The molecule has 26 heavy (non-hydrogen) atoms. The summed E-state index contributed by atoms with van der Waals surface area (Å²) in [7, 11) is 0. The molecule has 0 spiro atoms. The molecule has 0 saturated heterocycles. The zero-order valence-electron chi connectivity index (χ0n) is 15.8. The molecule has 0 amide bonds. The summed E-state index contributed by atoms with van der Waals surface area (Å²) in [6.45, 7) is 9.25. The van der Waals surface area contributed by atoms with Crippen LogP contribution < -0.4 is 11.1 Å². The van der Waals surface area contributed by atoms with Crippen LogP contribution in [0.1, 0.15) is 30.5 Å². The fourth-order valence-corrected chi connectivity index (χ4v) is 3.22. The van der Waals surface area contributed by atoms with Gasteiger partial charge in [-0.15, -0.1) is 24.0 Å². The third kappa shape index (κ3) is 5.20. The molecule has 0 fully saturated rings. The lowest BCUT2D eigenvalue weighted by atomic mass is 9.94. The Morgan fingerprint density at radius 1 is 1.12 bits per heavy atom. The molecule has 0 atom stereocenters. The lowest BCUT2D eigenvalue weighted by molar-refractivity contribution is 0.112. The van der Waals surface area contributed by atoms with Gasteiger partial charge >= 0.3 is 0 Å². The zero-order valence-corrected chi connectivity index (χ0v) is 18.2. The van der Waals surface area contributed by atoms with Gasteiger partial charge in [-0.3, -0.25) is 9.89 Å². The molecule has 0 radical (unpaired) electrons. The summed E-state index contributed by atoms with van der Waals surface area (Å²) >= 11 is 0. The van der Waals surface area contributed by atoms with Gasteiger partial charge in [0.25, 0.3) is 0 Å². The summed E-state index contributed by atoms with van der Waals surface area (Å²) in [5.41, 5.74) is 11.1. The van der Waals surface area contributed by atoms with E-state index in [4.69, 9.17) is 5.73 Å². The van der Waals surface area contributed by atoms with E-state index in [0.29, 0.717) is 12.5 Å². The van der Waals surface area contributed by atoms with E-state index in [-0.39, 0.29) is 29.5 Å². The van der Waals surface area contributed by atoms with E-state index < -0.39 is 0 Å². The molecule has 5 heteroatoms. The number of fused-ring (bicyclic) bond motifs is 1. The first-order valence-electron chi connectivity index (χ1n) is 8.89. The van der Waals surface area contributed by atoms with Crippen LogP contribution in [0.3, 0.4) is 0 Å². The highest BCUT2D eigenvalue weighted by Crippen LogP contribution is 2.25. The van der Waals surface area contributed by atoms with Gasteiger partial charge in [-0.25, -0.2) is 0 Å². The minimum atomic E-state index is -0.0346. The first-order chi connectivity index (χ1) is 11.9. The standard InChI is InChI=1S/C21H28N4.HI/c1-16-8-10-19(11-9-16)24-20(22)23-15-21(2,3)25-13-12-17-6-4-5-7-18(17)14-25;/h4-11H,12-15H2,1-3H3,(H3,22,23,24);1H. The molecule has 0 aromatic heterocycles. The summed E-state index contributed by atoms with van der Waals surface area (Å²) in [4.78, 5) is 7.08. The van der Waals surface area contributed by atoms with Crippen molar-refractivity contribution in [1.82, 2.24) is 4.90 Å². The number of rotatable bonds is 4. The van der Waals surface area contributed by atoms with Gasteiger partial charge in [0, 0.05) is 24.3 Å². The fourth-order valence-electron chi connectivity index (χ4n) is 3.22. The van der Waals surface area contributed by atoms with E-state index in [0.717, 1.165) is 25.2 Å². The Morgan fingerprint density at radius 2 is 1.77 bits per heavy atom. The van der Waals surface area contributed by atoms with Crippen LogP contribution in [-0.2, 0) is 13.0 Å². The molecule has 0 unspecified atom stereocenters. The van der Waals surface area contributed by atoms with Crippen molar-refractivity contribution in [3.8, 4) is 0 Å². The number of hydrogen-bond acceptors (Lipinski definition) is 2. The van der Waals surface area contributed by atoms with Crippen LogP contribution >= 0.6 is 24.0 Å². The highest BCUT2D eigenvalue weighted by Gasteiger charge is 2.29. The molecule has 2 aromatic carbocycles. The lowest BCUT2D eigenvalue weighted by Gasteiger charge is -2.40. The molecule has 4 nitrogen and oxygen atoms in total. The first-order valence-corrected chi connectivity index (χ1v) is 8.89. The maximum absolute atomic E-state index is 6.08. The van der Waals surface area contributed by atoms with Crippen molar-refractivity contribution >= 4 is 35.6 Å². The van der Waals surface area contributed by atoms with Gasteiger partial charge in [0.15, 0.2) is 5.96 Å². The molecule has 140 valence electrons. The molecule has 3 N–H and O–H groups in total. The van der Waals surface area contributed by atoms with E-state index >= 15 is 0 Å². The van der Waals surface area contributed by atoms with Crippen molar-refractivity contribution in [3.63, 3.8) is 0 Å². The van der Waals surface area contributed by atoms with Crippen LogP contribution in [-0.4, -0.2) is 29.5 Å². The minimum Gasteiger partial charge on any atom is -0.370 e. The number of aryl methyl sites for hydroxylation is 1. The van der Waals surface area contributed by atoms with Gasteiger partial charge in [-0.1, -0.05) is 42.0 Å². The number of halogens is 1. The maximum Gasteiger partial charge on any atom is 0.193 e. The van der Waals surface area contributed by atoms with E-state index in [2.05, 4.69) is 72.4 Å². The van der Waals surface area contributed by atoms with E-state index in [9.17, 15) is 0 Å². The molecule has 0 bridgehead atoms. The molecule has 3 rings (SSSR count). The highest BCUT2D eigenvalue weighted by atomic mass is 127. The van der Waals surface area contributed by atoms with E-state index in [1.807, 2.05) is 12.1 Å². The molecule has 0 saturated carbocycles. The summed E-state index contributed by atoms with van der Waals surface area (Å²) in [5, 5.41) is 3.17. The fraction of sp³-hybridized carbons (Fsp3) is 0.381. The molecular formula is C21H29IN4. The Morgan fingerprint density at radius 3 is 2.46 bits per heavy atom. The second kappa shape index (κ2) is 8.86. The predicted octanol–water partition coefficient (Wildman–Crippen LogP) is 4.18. The predicted molar refractivity (Wildman–Crippen MR) is 121 cm³/mol. The average molecular weight is 464 g/mol. The first kappa shape index (κ1) is 20.7. The van der Waals surface area contributed by atoms with Crippen LogP contribution in [0, 0.1) is 6.92 Å². The van der Waals surface area contributed by atoms with Crippen LogP contribution in [0.25, 0.3) is 0 Å². The van der Waals surface area contributed by atoms with Gasteiger partial charge in [-0.2, -0.15) is 0 Å². The SMILES string of the molecule is Cc1ccc(NC(N)=NCC(C)(C)N2CCc3ccccc3C2)cc1.I. The third-order valence-corrected chi connectivity index (χ3v) is 4.95. The number of benzene rings is 2. The second-order valence-electron chi connectivity index (χ2n) is 7.45. The highest BCUT2D eigenvalue weighted by molar-refractivity contribution is 14.0.